The molecule has 0 aliphatic carbocycles. The summed E-state index contributed by atoms with van der Waals surface area (Å²) in [5, 5.41) is 13.3. The van der Waals surface area contributed by atoms with Crippen LogP contribution in [0.4, 0.5) is 0 Å². The van der Waals surface area contributed by atoms with Gasteiger partial charge in [-0.15, -0.1) is 0 Å². The van der Waals surface area contributed by atoms with Gasteiger partial charge in [-0.1, -0.05) is 0 Å². The summed E-state index contributed by atoms with van der Waals surface area (Å²) in [6, 6.07) is 5.80. The van der Waals surface area contributed by atoms with Crippen LogP contribution in [0.25, 0.3) is 11.3 Å². The van der Waals surface area contributed by atoms with Gasteiger partial charge >= 0.3 is 0 Å². The highest BCUT2D eigenvalue weighted by atomic mass is 32.1. The van der Waals surface area contributed by atoms with Crippen molar-refractivity contribution in [3.8, 4) is 11.3 Å². The van der Waals surface area contributed by atoms with Crippen molar-refractivity contribution < 1.29 is 9.90 Å². The summed E-state index contributed by atoms with van der Waals surface area (Å²) in [5.41, 5.74) is 3.41. The number of amides is 1. The number of hydrogen-bond donors (Lipinski definition) is 1. The highest BCUT2D eigenvalue weighted by Gasteiger charge is 2.27. The van der Waals surface area contributed by atoms with E-state index in [4.69, 9.17) is 0 Å². The van der Waals surface area contributed by atoms with E-state index >= 15 is 0 Å². The third-order valence-electron chi connectivity index (χ3n) is 3.96. The van der Waals surface area contributed by atoms with Crippen LogP contribution in [0.1, 0.15) is 22.5 Å². The van der Waals surface area contributed by atoms with E-state index in [9.17, 15) is 9.90 Å². The first-order valence-corrected chi connectivity index (χ1v) is 8.03. The molecule has 1 atom stereocenters. The lowest BCUT2D eigenvalue weighted by Gasteiger charge is -2.17. The number of aliphatic hydroxyl groups is 1. The first-order chi connectivity index (χ1) is 10.2. The van der Waals surface area contributed by atoms with Crippen molar-refractivity contribution in [3.63, 3.8) is 0 Å². The minimum atomic E-state index is 0.0211. The molecule has 3 rings (SSSR count). The van der Waals surface area contributed by atoms with Gasteiger partial charge in [0.15, 0.2) is 0 Å². The molecule has 1 fully saturated rings. The molecule has 0 aromatic carbocycles. The van der Waals surface area contributed by atoms with Gasteiger partial charge in [-0.3, -0.25) is 9.78 Å². The molecule has 110 valence electrons. The average molecular weight is 302 g/mol. The van der Waals surface area contributed by atoms with Crippen LogP contribution in [0.2, 0.25) is 0 Å². The van der Waals surface area contributed by atoms with E-state index in [0.29, 0.717) is 12.1 Å². The number of nitrogens with zero attached hydrogens (tertiary/aromatic N) is 2. The molecule has 0 saturated carbocycles. The molecule has 2 aromatic rings. The number of likely N-dealkylation sites (tertiary alicyclic amines) is 1. The fourth-order valence-corrected chi connectivity index (χ4v) is 3.34. The number of carbonyl (C=O) groups is 1. The molecular weight excluding hydrogens is 284 g/mol. The molecule has 21 heavy (non-hydrogen) atoms. The number of pyridine rings is 1. The maximum Gasteiger partial charge on any atom is 0.255 e. The highest BCUT2D eigenvalue weighted by molar-refractivity contribution is 7.08. The number of aliphatic hydroxyl groups excluding tert-OH is 1. The second-order valence-electron chi connectivity index (χ2n) is 5.43. The van der Waals surface area contributed by atoms with Gasteiger partial charge in [0.2, 0.25) is 0 Å². The zero-order chi connectivity index (χ0) is 14.8. The fraction of sp³-hybridized carbons (Fsp3) is 0.375. The normalized spacial score (nSPS) is 18.2. The van der Waals surface area contributed by atoms with Crippen LogP contribution in [-0.4, -0.2) is 40.6 Å². The minimum absolute atomic E-state index is 0.0211. The smallest absolute Gasteiger partial charge is 0.255 e. The monoisotopic (exact) mass is 302 g/mol. The minimum Gasteiger partial charge on any atom is -0.396 e. The van der Waals surface area contributed by atoms with Gasteiger partial charge in [0, 0.05) is 36.6 Å². The van der Waals surface area contributed by atoms with Crippen LogP contribution in [0, 0.1) is 12.8 Å². The summed E-state index contributed by atoms with van der Waals surface area (Å²) in [7, 11) is 0. The summed E-state index contributed by atoms with van der Waals surface area (Å²) in [6.07, 6.45) is 0.877. The number of aryl methyl sites for hydroxylation is 1. The molecule has 1 aliphatic rings. The predicted octanol–water partition coefficient (Wildman–Crippen LogP) is 2.57. The lowest BCUT2D eigenvalue weighted by atomic mass is 10.1. The number of carbonyl (C=O) groups excluding carboxylic acids is 1. The highest BCUT2D eigenvalue weighted by Crippen LogP contribution is 2.23. The van der Waals surface area contributed by atoms with Crippen LogP contribution in [0.5, 0.6) is 0 Å². The van der Waals surface area contributed by atoms with E-state index in [1.165, 1.54) is 0 Å². The molecule has 4 nitrogen and oxygen atoms in total. The third kappa shape index (κ3) is 2.84. The van der Waals surface area contributed by atoms with E-state index in [0.717, 1.165) is 29.9 Å². The van der Waals surface area contributed by atoms with E-state index in [1.54, 1.807) is 11.3 Å². The summed E-state index contributed by atoms with van der Waals surface area (Å²) in [5.74, 6) is 0.236. The Morgan fingerprint density at radius 3 is 2.95 bits per heavy atom. The molecule has 2 aromatic heterocycles. The van der Waals surface area contributed by atoms with E-state index in [1.807, 2.05) is 35.4 Å². The van der Waals surface area contributed by atoms with Gasteiger partial charge in [0.25, 0.3) is 5.91 Å². The first kappa shape index (κ1) is 14.2. The maximum absolute atomic E-state index is 12.5. The van der Waals surface area contributed by atoms with Crippen molar-refractivity contribution in [1.29, 1.82) is 0 Å². The van der Waals surface area contributed by atoms with Gasteiger partial charge in [-0.05, 0) is 36.9 Å². The third-order valence-corrected chi connectivity index (χ3v) is 4.65. The van der Waals surface area contributed by atoms with Crippen LogP contribution < -0.4 is 0 Å². The molecule has 3 heterocycles. The van der Waals surface area contributed by atoms with Crippen LogP contribution in [0.15, 0.2) is 29.0 Å². The van der Waals surface area contributed by atoms with Gasteiger partial charge < -0.3 is 10.0 Å². The Balaban J connectivity index is 1.81. The lowest BCUT2D eigenvalue weighted by Crippen LogP contribution is -2.29. The second-order valence-corrected chi connectivity index (χ2v) is 6.21. The number of rotatable bonds is 3. The Kier molecular flexibility index (Phi) is 4.03. The SMILES string of the molecule is Cc1nc(-c2ccsc2)ccc1C(=O)N1CCC(CO)C1. The number of thiophene rings is 1. The molecule has 0 radical (unpaired) electrons. The van der Waals surface area contributed by atoms with Gasteiger partial charge in [-0.25, -0.2) is 0 Å². The average Bonchev–Trinajstić information content (AvgIpc) is 3.17. The second kappa shape index (κ2) is 5.95. The largest absolute Gasteiger partial charge is 0.396 e. The first-order valence-electron chi connectivity index (χ1n) is 7.09. The van der Waals surface area contributed by atoms with Crippen molar-refractivity contribution in [2.24, 2.45) is 5.92 Å². The Labute approximate surface area is 128 Å². The molecule has 1 N–H and O–H groups in total. The van der Waals surface area contributed by atoms with Crippen LogP contribution >= 0.6 is 11.3 Å². The quantitative estimate of drug-likeness (QED) is 0.948. The Morgan fingerprint density at radius 2 is 2.33 bits per heavy atom. The van der Waals surface area contributed by atoms with Crippen LogP contribution in [0.3, 0.4) is 0 Å². The van der Waals surface area contributed by atoms with Crippen molar-refractivity contribution in [2.75, 3.05) is 19.7 Å². The Hall–Kier alpha value is -1.72. The molecule has 5 heteroatoms. The molecule has 0 spiro atoms. The molecule has 1 unspecified atom stereocenters. The molecule has 1 saturated heterocycles. The number of hydrogen-bond acceptors (Lipinski definition) is 4. The fourth-order valence-electron chi connectivity index (χ4n) is 2.69. The molecule has 1 aliphatic heterocycles. The van der Waals surface area contributed by atoms with Crippen molar-refractivity contribution in [1.82, 2.24) is 9.88 Å². The van der Waals surface area contributed by atoms with Gasteiger partial charge in [-0.2, -0.15) is 11.3 Å². The summed E-state index contributed by atoms with van der Waals surface area (Å²) >= 11 is 1.64. The lowest BCUT2D eigenvalue weighted by molar-refractivity contribution is 0.0780. The van der Waals surface area contributed by atoms with Gasteiger partial charge in [0.05, 0.1) is 17.0 Å². The van der Waals surface area contributed by atoms with Crippen molar-refractivity contribution in [2.45, 2.75) is 13.3 Å². The standard InChI is InChI=1S/C16H18N2O2S/c1-11-14(16(20)18-6-4-12(8-18)9-19)2-3-15(17-11)13-5-7-21-10-13/h2-3,5,7,10,12,19H,4,6,8-9H2,1H3. The zero-order valence-electron chi connectivity index (χ0n) is 12.0. The molecule has 0 bridgehead atoms. The van der Waals surface area contributed by atoms with E-state index < -0.39 is 0 Å². The van der Waals surface area contributed by atoms with E-state index in [2.05, 4.69) is 10.4 Å². The van der Waals surface area contributed by atoms with E-state index in [-0.39, 0.29) is 18.4 Å². The summed E-state index contributed by atoms with van der Waals surface area (Å²) in [6.45, 7) is 3.39. The topological polar surface area (TPSA) is 53.4 Å². The van der Waals surface area contributed by atoms with Gasteiger partial charge in [0.1, 0.15) is 0 Å². The molecule has 1 amide bonds. The zero-order valence-corrected chi connectivity index (χ0v) is 12.8. The summed E-state index contributed by atoms with van der Waals surface area (Å²) < 4.78 is 0. The van der Waals surface area contributed by atoms with Crippen LogP contribution in [-0.2, 0) is 0 Å². The summed E-state index contributed by atoms with van der Waals surface area (Å²) in [4.78, 5) is 18.9. The Morgan fingerprint density at radius 1 is 1.48 bits per heavy atom. The number of aromatic nitrogens is 1. The molecular formula is C16H18N2O2S. The van der Waals surface area contributed by atoms with Crippen molar-refractivity contribution in [3.05, 3.63) is 40.2 Å². The van der Waals surface area contributed by atoms with Crippen molar-refractivity contribution >= 4 is 17.2 Å². The predicted molar refractivity (Wildman–Crippen MR) is 83.4 cm³/mol. The Bertz CT molecular complexity index is 640. The maximum atomic E-state index is 12.5.